The highest BCUT2D eigenvalue weighted by Crippen LogP contribution is 2.32. The molecule has 6 nitrogen and oxygen atoms in total. The number of nitrogens with one attached hydrogen (secondary N) is 2. The van der Waals surface area contributed by atoms with Crippen molar-refractivity contribution in [3.8, 4) is 5.75 Å². The quantitative estimate of drug-likeness (QED) is 0.671. The zero-order valence-electron chi connectivity index (χ0n) is 16.0. The van der Waals surface area contributed by atoms with Crippen LogP contribution in [0.15, 0.2) is 47.4 Å². The number of anilines is 2. The van der Waals surface area contributed by atoms with Gasteiger partial charge in [0, 0.05) is 13.1 Å². The van der Waals surface area contributed by atoms with E-state index in [2.05, 4.69) is 14.8 Å². The molecule has 1 aliphatic rings. The molecule has 1 heterocycles. The Labute approximate surface area is 178 Å². The predicted octanol–water partition coefficient (Wildman–Crippen LogP) is 4.23. The van der Waals surface area contributed by atoms with Gasteiger partial charge in [0.25, 0.3) is 10.0 Å². The predicted molar refractivity (Wildman–Crippen MR) is 110 cm³/mol. The van der Waals surface area contributed by atoms with Crippen LogP contribution < -0.4 is 19.7 Å². The molecule has 1 fully saturated rings. The summed E-state index contributed by atoms with van der Waals surface area (Å²) in [4.78, 5) is 1.84. The van der Waals surface area contributed by atoms with E-state index in [1.54, 1.807) is 12.1 Å². The molecule has 2 aromatic carbocycles. The van der Waals surface area contributed by atoms with Crippen molar-refractivity contribution >= 4 is 33.0 Å². The number of halogens is 4. The van der Waals surface area contributed by atoms with E-state index >= 15 is 0 Å². The molecule has 2 aromatic rings. The van der Waals surface area contributed by atoms with Crippen LogP contribution >= 0.6 is 11.6 Å². The number of benzene rings is 2. The van der Waals surface area contributed by atoms with E-state index in [0.29, 0.717) is 16.4 Å². The summed E-state index contributed by atoms with van der Waals surface area (Å²) in [6, 6.07) is 9.02. The van der Waals surface area contributed by atoms with Gasteiger partial charge >= 0.3 is 6.36 Å². The van der Waals surface area contributed by atoms with Crippen LogP contribution in [0, 0.1) is 0 Å². The molecular formula is C19H21ClF3N3O3S. The number of ether oxygens (including phenoxy) is 1. The fourth-order valence-electron chi connectivity index (χ4n) is 3.27. The molecule has 0 atom stereocenters. The van der Waals surface area contributed by atoms with Gasteiger partial charge in [-0.25, -0.2) is 8.42 Å². The van der Waals surface area contributed by atoms with Crippen LogP contribution in [0.3, 0.4) is 0 Å². The van der Waals surface area contributed by atoms with Crippen LogP contribution in [0.5, 0.6) is 5.75 Å². The van der Waals surface area contributed by atoms with Crippen molar-refractivity contribution in [2.75, 3.05) is 29.8 Å². The Hall–Kier alpha value is -2.17. The van der Waals surface area contributed by atoms with Crippen molar-refractivity contribution in [3.63, 3.8) is 0 Å². The van der Waals surface area contributed by atoms with Gasteiger partial charge in [0.2, 0.25) is 0 Å². The second-order valence-electron chi connectivity index (χ2n) is 6.88. The molecule has 0 aromatic heterocycles. The zero-order chi connectivity index (χ0) is 21.9. The van der Waals surface area contributed by atoms with E-state index in [9.17, 15) is 21.6 Å². The van der Waals surface area contributed by atoms with Crippen LogP contribution in [0.1, 0.15) is 12.8 Å². The number of hydrogen-bond acceptors (Lipinski definition) is 5. The van der Waals surface area contributed by atoms with E-state index in [4.69, 9.17) is 11.6 Å². The SMILES string of the molecule is CN(c1cc(NS(=O)(=O)c2ccc(OC(F)(F)F)cc2)ccc1Cl)C1CCNCC1. The normalized spacial score (nSPS) is 15.6. The molecule has 1 aliphatic heterocycles. The molecule has 1 saturated heterocycles. The Morgan fingerprint density at radius 3 is 2.37 bits per heavy atom. The van der Waals surface area contributed by atoms with Crippen molar-refractivity contribution in [2.24, 2.45) is 0 Å². The van der Waals surface area contributed by atoms with Gasteiger partial charge in [0.05, 0.1) is 21.3 Å². The van der Waals surface area contributed by atoms with E-state index in [-0.39, 0.29) is 10.9 Å². The molecule has 0 spiro atoms. The van der Waals surface area contributed by atoms with Crippen LogP contribution in [-0.4, -0.2) is 41.0 Å². The van der Waals surface area contributed by atoms with Crippen molar-refractivity contribution in [2.45, 2.75) is 30.1 Å². The maximum absolute atomic E-state index is 12.6. The van der Waals surface area contributed by atoms with Gasteiger partial charge in [-0.2, -0.15) is 0 Å². The molecular weight excluding hydrogens is 443 g/mol. The third-order valence-corrected chi connectivity index (χ3v) is 6.52. The molecule has 2 N–H and O–H groups in total. The molecule has 164 valence electrons. The van der Waals surface area contributed by atoms with E-state index in [1.165, 1.54) is 6.07 Å². The van der Waals surface area contributed by atoms with Gasteiger partial charge < -0.3 is 15.0 Å². The summed E-state index contributed by atoms with van der Waals surface area (Å²) < 4.78 is 68.3. The molecule has 0 unspecified atom stereocenters. The minimum atomic E-state index is -4.85. The number of piperidine rings is 1. The van der Waals surface area contributed by atoms with Crippen molar-refractivity contribution in [3.05, 3.63) is 47.5 Å². The minimum absolute atomic E-state index is 0.194. The van der Waals surface area contributed by atoms with Crippen molar-refractivity contribution in [1.82, 2.24) is 5.32 Å². The number of rotatable bonds is 6. The van der Waals surface area contributed by atoms with Crippen molar-refractivity contribution < 1.29 is 26.3 Å². The Kier molecular flexibility index (Phi) is 6.68. The Morgan fingerprint density at radius 2 is 1.77 bits per heavy atom. The Balaban J connectivity index is 1.78. The van der Waals surface area contributed by atoms with Gasteiger partial charge in [-0.3, -0.25) is 4.72 Å². The Morgan fingerprint density at radius 1 is 1.13 bits per heavy atom. The largest absolute Gasteiger partial charge is 0.573 e. The molecule has 0 saturated carbocycles. The molecule has 3 rings (SSSR count). The number of nitrogens with zero attached hydrogens (tertiary/aromatic N) is 1. The summed E-state index contributed by atoms with van der Waals surface area (Å²) in [6.07, 6.45) is -2.97. The third kappa shape index (κ3) is 5.71. The maximum atomic E-state index is 12.6. The summed E-state index contributed by atoms with van der Waals surface area (Å²) in [5, 5.41) is 3.78. The lowest BCUT2D eigenvalue weighted by atomic mass is 10.0. The summed E-state index contributed by atoms with van der Waals surface area (Å²) in [5.74, 6) is -0.501. The number of alkyl halides is 3. The lowest BCUT2D eigenvalue weighted by molar-refractivity contribution is -0.274. The monoisotopic (exact) mass is 463 g/mol. The molecule has 11 heteroatoms. The maximum Gasteiger partial charge on any atom is 0.573 e. The molecule has 0 amide bonds. The first-order valence-electron chi connectivity index (χ1n) is 9.17. The van der Waals surface area contributed by atoms with Crippen molar-refractivity contribution in [1.29, 1.82) is 0 Å². The molecule has 0 aliphatic carbocycles. The summed E-state index contributed by atoms with van der Waals surface area (Å²) in [5.41, 5.74) is 0.989. The zero-order valence-corrected chi connectivity index (χ0v) is 17.6. The molecule has 0 bridgehead atoms. The Bertz CT molecular complexity index is 979. The molecule has 30 heavy (non-hydrogen) atoms. The fourth-order valence-corrected chi connectivity index (χ4v) is 4.57. The van der Waals surface area contributed by atoms with E-state index < -0.39 is 22.1 Å². The average Bonchev–Trinajstić information content (AvgIpc) is 2.68. The smallest absolute Gasteiger partial charge is 0.406 e. The average molecular weight is 464 g/mol. The minimum Gasteiger partial charge on any atom is -0.406 e. The highest BCUT2D eigenvalue weighted by Gasteiger charge is 2.31. The molecule has 0 radical (unpaired) electrons. The highest BCUT2D eigenvalue weighted by atomic mass is 35.5. The van der Waals surface area contributed by atoms with E-state index in [1.807, 2.05) is 11.9 Å². The topological polar surface area (TPSA) is 70.7 Å². The van der Waals surface area contributed by atoms with Gasteiger partial charge in [-0.05, 0) is 68.4 Å². The lowest BCUT2D eigenvalue weighted by Gasteiger charge is -2.34. The number of sulfonamides is 1. The first-order chi connectivity index (χ1) is 14.0. The van der Waals surface area contributed by atoms with Gasteiger partial charge in [0.1, 0.15) is 5.75 Å². The highest BCUT2D eigenvalue weighted by molar-refractivity contribution is 7.92. The first kappa shape index (κ1) is 22.5. The third-order valence-electron chi connectivity index (χ3n) is 4.80. The van der Waals surface area contributed by atoms with Gasteiger partial charge in [-0.15, -0.1) is 13.2 Å². The van der Waals surface area contributed by atoms with Gasteiger partial charge in [-0.1, -0.05) is 11.6 Å². The summed E-state index contributed by atoms with van der Waals surface area (Å²) in [6.45, 7) is 1.79. The summed E-state index contributed by atoms with van der Waals surface area (Å²) >= 11 is 6.33. The lowest BCUT2D eigenvalue weighted by Crippen LogP contribution is -2.41. The first-order valence-corrected chi connectivity index (χ1v) is 11.0. The van der Waals surface area contributed by atoms with Crippen LogP contribution in [-0.2, 0) is 10.0 Å². The van der Waals surface area contributed by atoms with Crippen LogP contribution in [0.4, 0.5) is 24.5 Å². The van der Waals surface area contributed by atoms with Gasteiger partial charge in [0.15, 0.2) is 0 Å². The van der Waals surface area contributed by atoms with Crippen LogP contribution in [0.25, 0.3) is 0 Å². The number of hydrogen-bond donors (Lipinski definition) is 2. The second-order valence-corrected chi connectivity index (χ2v) is 8.97. The second kappa shape index (κ2) is 8.91. The van der Waals surface area contributed by atoms with E-state index in [0.717, 1.165) is 50.2 Å². The standard InChI is InChI=1S/C19H21ClF3N3O3S/c1-26(14-8-10-24-11-9-14)18-12-13(2-7-17(18)20)25-30(27,28)16-5-3-15(4-6-16)29-19(21,22)23/h2-7,12,14,24-25H,8-11H2,1H3. The fraction of sp³-hybridized carbons (Fsp3) is 0.368. The summed E-state index contributed by atoms with van der Waals surface area (Å²) in [7, 11) is -2.10. The van der Waals surface area contributed by atoms with Crippen LogP contribution in [0.2, 0.25) is 5.02 Å².